The zero-order chi connectivity index (χ0) is 26.8. The number of piperazine rings is 1. The summed E-state index contributed by atoms with van der Waals surface area (Å²) in [6.07, 6.45) is 1.72. The van der Waals surface area contributed by atoms with Crippen molar-refractivity contribution in [3.63, 3.8) is 0 Å². The van der Waals surface area contributed by atoms with Crippen molar-refractivity contribution in [3.8, 4) is 22.6 Å². The Hall–Kier alpha value is -3.89. The van der Waals surface area contributed by atoms with Crippen LogP contribution in [0.15, 0.2) is 48.7 Å². The van der Waals surface area contributed by atoms with Gasteiger partial charge in [-0.3, -0.25) is 4.79 Å². The molecule has 0 spiro atoms. The third kappa shape index (κ3) is 5.36. The maximum Gasteiger partial charge on any atom is 0.259 e. The second kappa shape index (κ2) is 10.8. The number of hydrogen-bond acceptors (Lipinski definition) is 9. The van der Waals surface area contributed by atoms with Crippen molar-refractivity contribution in [1.82, 2.24) is 14.9 Å². The molecule has 4 aromatic rings. The van der Waals surface area contributed by atoms with Crippen molar-refractivity contribution in [1.29, 1.82) is 0 Å². The largest absolute Gasteiger partial charge is 0.497 e. The van der Waals surface area contributed by atoms with Crippen LogP contribution in [0, 0.1) is 0 Å². The number of thiophene rings is 1. The molecule has 0 atom stereocenters. The maximum absolute atomic E-state index is 12.3. The smallest absolute Gasteiger partial charge is 0.259 e. The molecule has 1 aliphatic rings. The predicted molar refractivity (Wildman–Crippen MR) is 153 cm³/mol. The molecule has 9 nitrogen and oxygen atoms in total. The molecule has 3 N–H and O–H groups in total. The van der Waals surface area contributed by atoms with Crippen molar-refractivity contribution in [2.45, 2.75) is 20.0 Å². The minimum atomic E-state index is -0.500. The van der Waals surface area contributed by atoms with Crippen molar-refractivity contribution in [2.75, 3.05) is 50.6 Å². The van der Waals surface area contributed by atoms with Gasteiger partial charge in [-0.05, 0) is 50.7 Å². The Labute approximate surface area is 226 Å². The molecule has 2 aromatic carbocycles. The van der Waals surface area contributed by atoms with Gasteiger partial charge < -0.3 is 30.3 Å². The van der Waals surface area contributed by atoms with Crippen LogP contribution in [-0.2, 0) is 0 Å². The first kappa shape index (κ1) is 25.7. The molecule has 0 unspecified atom stereocenters. The highest BCUT2D eigenvalue weighted by Gasteiger charge is 2.21. The highest BCUT2D eigenvalue weighted by atomic mass is 32.1. The number of amides is 1. The van der Waals surface area contributed by atoms with Crippen LogP contribution in [0.25, 0.3) is 21.3 Å². The zero-order valence-corrected chi connectivity index (χ0v) is 22.8. The van der Waals surface area contributed by atoms with Crippen LogP contribution in [0.2, 0.25) is 0 Å². The lowest BCUT2D eigenvalue weighted by molar-refractivity contribution is 0.100. The monoisotopic (exact) mass is 532 g/mol. The fourth-order valence-corrected chi connectivity index (χ4v) is 5.49. The number of fused-ring (bicyclic) bond motifs is 1. The summed E-state index contributed by atoms with van der Waals surface area (Å²) in [6, 6.07) is 13.7. The molecule has 10 heteroatoms. The van der Waals surface area contributed by atoms with E-state index in [2.05, 4.69) is 39.3 Å². The van der Waals surface area contributed by atoms with E-state index in [1.165, 1.54) is 11.3 Å². The third-order valence-electron chi connectivity index (χ3n) is 6.48. The normalized spacial score (nSPS) is 14.2. The highest BCUT2D eigenvalue weighted by molar-refractivity contribution is 7.21. The fourth-order valence-electron chi connectivity index (χ4n) is 4.50. The van der Waals surface area contributed by atoms with E-state index in [-0.39, 0.29) is 6.10 Å². The Kier molecular flexibility index (Phi) is 7.35. The van der Waals surface area contributed by atoms with E-state index in [1.54, 1.807) is 13.3 Å². The number of aromatic nitrogens is 2. The lowest BCUT2D eigenvalue weighted by Crippen LogP contribution is -2.44. The third-order valence-corrected chi connectivity index (χ3v) is 7.60. The predicted octanol–water partition coefficient (Wildman–Crippen LogP) is 4.75. The summed E-state index contributed by atoms with van der Waals surface area (Å²) in [5.41, 5.74) is 9.82. The quantitative estimate of drug-likeness (QED) is 0.335. The molecule has 0 radical (unpaired) electrons. The molecule has 0 saturated carbocycles. The van der Waals surface area contributed by atoms with Gasteiger partial charge in [-0.2, -0.15) is 0 Å². The number of nitrogens with two attached hydrogens (primary N) is 1. The van der Waals surface area contributed by atoms with Crippen LogP contribution in [0.4, 0.5) is 17.3 Å². The first-order chi connectivity index (χ1) is 18.3. The number of ether oxygens (including phenoxy) is 2. The van der Waals surface area contributed by atoms with E-state index in [0.29, 0.717) is 21.9 Å². The first-order valence-corrected chi connectivity index (χ1v) is 13.4. The number of benzene rings is 2. The van der Waals surface area contributed by atoms with Crippen molar-refractivity contribution >= 4 is 44.8 Å². The lowest BCUT2D eigenvalue weighted by atomic mass is 10.0. The molecule has 0 bridgehead atoms. The lowest BCUT2D eigenvalue weighted by Gasteiger charge is -2.34. The van der Waals surface area contributed by atoms with Crippen LogP contribution in [-0.4, -0.2) is 67.2 Å². The van der Waals surface area contributed by atoms with Crippen molar-refractivity contribution in [2.24, 2.45) is 5.73 Å². The second-order valence-corrected chi connectivity index (χ2v) is 10.6. The van der Waals surface area contributed by atoms with E-state index < -0.39 is 5.91 Å². The Bertz CT molecular complexity index is 1450. The Morgan fingerprint density at radius 3 is 2.50 bits per heavy atom. The maximum atomic E-state index is 12.3. The molecule has 1 amide bonds. The average Bonchev–Trinajstić information content (AvgIpc) is 3.29. The number of carbonyl (C=O) groups excluding carboxylic acids is 1. The second-order valence-electron chi connectivity index (χ2n) is 9.57. The van der Waals surface area contributed by atoms with Crippen LogP contribution < -0.4 is 25.4 Å². The number of hydrogen-bond donors (Lipinski definition) is 2. The Balaban J connectivity index is 1.51. The molecule has 0 aliphatic carbocycles. The molecule has 38 heavy (non-hydrogen) atoms. The minimum absolute atomic E-state index is 0.00152. The fraction of sp³-hybridized carbons (Fsp3) is 0.321. The van der Waals surface area contributed by atoms with Crippen LogP contribution in [0.5, 0.6) is 11.5 Å². The van der Waals surface area contributed by atoms with Crippen molar-refractivity contribution in [3.05, 3.63) is 53.5 Å². The average molecular weight is 533 g/mol. The molecule has 1 fully saturated rings. The summed E-state index contributed by atoms with van der Waals surface area (Å²) < 4.78 is 12.2. The summed E-state index contributed by atoms with van der Waals surface area (Å²) in [5, 5.41) is 3.34. The van der Waals surface area contributed by atoms with Gasteiger partial charge in [0.1, 0.15) is 16.4 Å². The molecule has 1 saturated heterocycles. The first-order valence-electron chi connectivity index (χ1n) is 12.6. The number of rotatable bonds is 8. The minimum Gasteiger partial charge on any atom is -0.497 e. The summed E-state index contributed by atoms with van der Waals surface area (Å²) in [5.74, 6) is 1.37. The molecule has 3 heterocycles. The van der Waals surface area contributed by atoms with Crippen LogP contribution in [0.3, 0.4) is 0 Å². The molecule has 1 aliphatic heterocycles. The summed E-state index contributed by atoms with van der Waals surface area (Å²) >= 11 is 1.29. The SMILES string of the molecule is COc1ccc(-c2c(C(N)=O)sc3cnc(Nc4ccc(N5CCN(C)CC5)cc4OC(C)C)nc23)cc1. The Morgan fingerprint density at radius 1 is 1.11 bits per heavy atom. The highest BCUT2D eigenvalue weighted by Crippen LogP contribution is 2.39. The van der Waals surface area contributed by atoms with Crippen molar-refractivity contribution < 1.29 is 14.3 Å². The van der Waals surface area contributed by atoms with Gasteiger partial charge in [0.05, 0.1) is 35.3 Å². The van der Waals surface area contributed by atoms with Gasteiger partial charge in [0.2, 0.25) is 5.95 Å². The van der Waals surface area contributed by atoms with Gasteiger partial charge in [0, 0.05) is 43.5 Å². The summed E-state index contributed by atoms with van der Waals surface area (Å²) in [4.78, 5) is 26.8. The van der Waals surface area contributed by atoms with E-state index in [9.17, 15) is 4.79 Å². The number of nitrogens with zero attached hydrogens (tertiary/aromatic N) is 4. The van der Waals surface area contributed by atoms with Gasteiger partial charge >= 0.3 is 0 Å². The topological polar surface area (TPSA) is 106 Å². The number of likely N-dealkylation sites (N-methyl/N-ethyl adjacent to an activating group) is 1. The van der Waals surface area contributed by atoms with E-state index in [4.69, 9.17) is 20.2 Å². The van der Waals surface area contributed by atoms with Gasteiger partial charge in [0.15, 0.2) is 0 Å². The van der Waals surface area contributed by atoms with Gasteiger partial charge in [-0.1, -0.05) is 12.1 Å². The summed E-state index contributed by atoms with van der Waals surface area (Å²) in [7, 11) is 3.76. The molecule has 198 valence electrons. The number of nitrogens with one attached hydrogen (secondary N) is 1. The number of primary amides is 1. The number of carbonyl (C=O) groups is 1. The van der Waals surface area contributed by atoms with E-state index in [0.717, 1.165) is 59.3 Å². The van der Waals surface area contributed by atoms with E-state index >= 15 is 0 Å². The molecular formula is C28H32N6O3S. The van der Waals surface area contributed by atoms with E-state index in [1.807, 2.05) is 44.2 Å². The zero-order valence-electron chi connectivity index (χ0n) is 22.0. The molecule has 2 aromatic heterocycles. The molecular weight excluding hydrogens is 500 g/mol. The van der Waals surface area contributed by atoms with Gasteiger partial charge in [-0.15, -0.1) is 11.3 Å². The molecule has 5 rings (SSSR count). The van der Waals surface area contributed by atoms with Crippen LogP contribution in [0.1, 0.15) is 23.5 Å². The van der Waals surface area contributed by atoms with Gasteiger partial charge in [-0.25, -0.2) is 9.97 Å². The van der Waals surface area contributed by atoms with Crippen LogP contribution >= 0.6 is 11.3 Å². The van der Waals surface area contributed by atoms with Gasteiger partial charge in [0.25, 0.3) is 5.91 Å². The standard InChI is InChI=1S/C28H32N6O3S/c1-17(2)37-22-15-19(34-13-11-33(3)12-14-34)7-10-21(22)31-28-30-16-23-25(32-28)24(26(38-23)27(29)35)18-5-8-20(36-4)9-6-18/h5-10,15-17H,11-14H2,1-4H3,(H2,29,35)(H,30,31,32). The number of methoxy groups -OCH3 is 1. The number of anilines is 3. The summed E-state index contributed by atoms with van der Waals surface area (Å²) in [6.45, 7) is 8.01. The Morgan fingerprint density at radius 2 is 1.84 bits per heavy atom.